The van der Waals surface area contributed by atoms with Gasteiger partial charge in [-0.3, -0.25) is 0 Å². The molecule has 0 aliphatic rings. The third-order valence-corrected chi connectivity index (χ3v) is 3.84. The molecular formula is C16H26O2. The topological polar surface area (TPSA) is 18.5 Å². The molecule has 0 radical (unpaired) electrons. The summed E-state index contributed by atoms with van der Waals surface area (Å²) >= 11 is 0. The molecule has 0 heterocycles. The van der Waals surface area contributed by atoms with Crippen LogP contribution in [0.5, 0.6) is 0 Å². The molecule has 0 spiro atoms. The van der Waals surface area contributed by atoms with Crippen molar-refractivity contribution in [1.29, 1.82) is 0 Å². The number of ether oxygens (including phenoxy) is 2. The zero-order valence-corrected chi connectivity index (χ0v) is 12.6. The molecule has 18 heavy (non-hydrogen) atoms. The van der Waals surface area contributed by atoms with Crippen molar-refractivity contribution < 1.29 is 9.47 Å². The van der Waals surface area contributed by atoms with Crippen LogP contribution in [0.2, 0.25) is 0 Å². The molecule has 0 amide bonds. The van der Waals surface area contributed by atoms with Gasteiger partial charge in [0, 0.05) is 13.2 Å². The fourth-order valence-electron chi connectivity index (χ4n) is 2.31. The summed E-state index contributed by atoms with van der Waals surface area (Å²) in [7, 11) is 0. The number of benzene rings is 1. The van der Waals surface area contributed by atoms with E-state index in [0.717, 1.165) is 13.2 Å². The molecule has 0 aliphatic carbocycles. The summed E-state index contributed by atoms with van der Waals surface area (Å²) in [5.74, 6) is 0. The molecular weight excluding hydrogens is 224 g/mol. The van der Waals surface area contributed by atoms with Gasteiger partial charge in [0.05, 0.1) is 13.2 Å². The summed E-state index contributed by atoms with van der Waals surface area (Å²) in [5, 5.41) is 0. The smallest absolute Gasteiger partial charge is 0.0722 e. The molecule has 1 aromatic carbocycles. The Morgan fingerprint density at radius 3 is 1.11 bits per heavy atom. The standard InChI is InChI=1S/C16H26O2/c1-7-17-9-15-11(3)13(5)16(10-18-8-2)14(6)12(15)4/h7-10H2,1-6H3. The Bertz CT molecular complexity index is 340. The molecule has 0 N–H and O–H groups in total. The van der Waals surface area contributed by atoms with E-state index in [1.807, 2.05) is 13.8 Å². The Hall–Kier alpha value is -0.860. The maximum Gasteiger partial charge on any atom is 0.0722 e. The third-order valence-electron chi connectivity index (χ3n) is 3.84. The van der Waals surface area contributed by atoms with E-state index in [1.54, 1.807) is 0 Å². The SMILES string of the molecule is CCOCc1c(C)c(C)c(COCC)c(C)c1C. The minimum absolute atomic E-state index is 0.713. The van der Waals surface area contributed by atoms with Crippen LogP contribution < -0.4 is 0 Å². The first-order valence-corrected chi connectivity index (χ1v) is 6.78. The molecule has 0 bridgehead atoms. The molecule has 0 atom stereocenters. The van der Waals surface area contributed by atoms with Crippen molar-refractivity contribution in [2.75, 3.05) is 13.2 Å². The van der Waals surface area contributed by atoms with Gasteiger partial charge in [-0.15, -0.1) is 0 Å². The lowest BCUT2D eigenvalue weighted by Gasteiger charge is -2.20. The normalized spacial score (nSPS) is 11.0. The summed E-state index contributed by atoms with van der Waals surface area (Å²) in [4.78, 5) is 0. The van der Waals surface area contributed by atoms with Crippen LogP contribution in [-0.4, -0.2) is 13.2 Å². The van der Waals surface area contributed by atoms with Gasteiger partial charge in [-0.25, -0.2) is 0 Å². The van der Waals surface area contributed by atoms with Crippen molar-refractivity contribution in [3.8, 4) is 0 Å². The van der Waals surface area contributed by atoms with Gasteiger partial charge in [0.1, 0.15) is 0 Å². The Kier molecular flexibility index (Phi) is 5.83. The zero-order chi connectivity index (χ0) is 13.7. The predicted molar refractivity (Wildman–Crippen MR) is 76.1 cm³/mol. The van der Waals surface area contributed by atoms with Crippen molar-refractivity contribution in [1.82, 2.24) is 0 Å². The van der Waals surface area contributed by atoms with Gasteiger partial charge in [0.15, 0.2) is 0 Å². The molecule has 0 aliphatic heterocycles. The molecule has 0 saturated heterocycles. The lowest BCUT2D eigenvalue weighted by Crippen LogP contribution is -2.08. The van der Waals surface area contributed by atoms with Crippen LogP contribution in [0.3, 0.4) is 0 Å². The van der Waals surface area contributed by atoms with Gasteiger partial charge in [-0.05, 0) is 74.9 Å². The highest BCUT2D eigenvalue weighted by atomic mass is 16.5. The maximum atomic E-state index is 5.58. The molecule has 1 rings (SSSR count). The molecule has 0 fully saturated rings. The summed E-state index contributed by atoms with van der Waals surface area (Å²) in [6.45, 7) is 15.8. The van der Waals surface area contributed by atoms with Crippen LogP contribution in [-0.2, 0) is 22.7 Å². The lowest BCUT2D eigenvalue weighted by atomic mass is 9.89. The highest BCUT2D eigenvalue weighted by Crippen LogP contribution is 2.27. The second kappa shape index (κ2) is 6.91. The van der Waals surface area contributed by atoms with Crippen LogP contribution in [0, 0.1) is 27.7 Å². The molecule has 0 aromatic heterocycles. The fourth-order valence-corrected chi connectivity index (χ4v) is 2.31. The van der Waals surface area contributed by atoms with Crippen LogP contribution >= 0.6 is 0 Å². The van der Waals surface area contributed by atoms with E-state index in [1.165, 1.54) is 33.4 Å². The largest absolute Gasteiger partial charge is 0.377 e. The van der Waals surface area contributed by atoms with Gasteiger partial charge < -0.3 is 9.47 Å². The predicted octanol–water partition coefficient (Wildman–Crippen LogP) is 3.99. The number of hydrogen-bond donors (Lipinski definition) is 0. The first kappa shape index (κ1) is 15.2. The van der Waals surface area contributed by atoms with Gasteiger partial charge in [-0.2, -0.15) is 0 Å². The Morgan fingerprint density at radius 2 is 0.889 bits per heavy atom. The van der Waals surface area contributed by atoms with Crippen molar-refractivity contribution in [3.63, 3.8) is 0 Å². The second-order valence-corrected chi connectivity index (χ2v) is 4.73. The summed E-state index contributed by atoms with van der Waals surface area (Å²) in [6.07, 6.45) is 0. The van der Waals surface area contributed by atoms with Gasteiger partial charge in [0.2, 0.25) is 0 Å². The third kappa shape index (κ3) is 3.12. The molecule has 102 valence electrons. The van der Waals surface area contributed by atoms with Gasteiger partial charge in [0.25, 0.3) is 0 Å². The van der Waals surface area contributed by atoms with Crippen molar-refractivity contribution in [3.05, 3.63) is 33.4 Å². The average molecular weight is 250 g/mol. The van der Waals surface area contributed by atoms with Gasteiger partial charge >= 0.3 is 0 Å². The average Bonchev–Trinajstić information content (AvgIpc) is 2.37. The van der Waals surface area contributed by atoms with E-state index in [0.29, 0.717) is 13.2 Å². The highest BCUT2D eigenvalue weighted by Gasteiger charge is 2.14. The van der Waals surface area contributed by atoms with Crippen LogP contribution in [0.25, 0.3) is 0 Å². The quantitative estimate of drug-likeness (QED) is 0.760. The minimum atomic E-state index is 0.713. The second-order valence-electron chi connectivity index (χ2n) is 4.73. The van der Waals surface area contributed by atoms with Gasteiger partial charge in [-0.1, -0.05) is 0 Å². The fraction of sp³-hybridized carbons (Fsp3) is 0.625. The Labute approximate surface area is 111 Å². The monoisotopic (exact) mass is 250 g/mol. The molecule has 0 unspecified atom stereocenters. The zero-order valence-electron chi connectivity index (χ0n) is 12.6. The van der Waals surface area contributed by atoms with Crippen LogP contribution in [0.15, 0.2) is 0 Å². The van der Waals surface area contributed by atoms with E-state index in [4.69, 9.17) is 9.47 Å². The summed E-state index contributed by atoms with van der Waals surface area (Å²) in [6, 6.07) is 0. The number of rotatable bonds is 6. The minimum Gasteiger partial charge on any atom is -0.377 e. The Morgan fingerprint density at radius 1 is 0.611 bits per heavy atom. The van der Waals surface area contributed by atoms with E-state index >= 15 is 0 Å². The van der Waals surface area contributed by atoms with E-state index in [9.17, 15) is 0 Å². The van der Waals surface area contributed by atoms with Crippen LogP contribution in [0.4, 0.5) is 0 Å². The Balaban J connectivity index is 3.18. The van der Waals surface area contributed by atoms with Crippen molar-refractivity contribution in [2.45, 2.75) is 54.8 Å². The highest BCUT2D eigenvalue weighted by molar-refractivity contribution is 5.49. The van der Waals surface area contributed by atoms with E-state index < -0.39 is 0 Å². The van der Waals surface area contributed by atoms with E-state index in [2.05, 4.69) is 27.7 Å². The summed E-state index contributed by atoms with van der Waals surface area (Å²) < 4.78 is 11.2. The molecule has 2 nitrogen and oxygen atoms in total. The van der Waals surface area contributed by atoms with Crippen molar-refractivity contribution in [2.24, 2.45) is 0 Å². The molecule has 0 saturated carbocycles. The first-order chi connectivity index (χ1) is 8.54. The molecule has 1 aromatic rings. The molecule has 2 heteroatoms. The van der Waals surface area contributed by atoms with Crippen molar-refractivity contribution >= 4 is 0 Å². The summed E-state index contributed by atoms with van der Waals surface area (Å²) in [5.41, 5.74) is 8.07. The lowest BCUT2D eigenvalue weighted by molar-refractivity contribution is 0.130. The van der Waals surface area contributed by atoms with E-state index in [-0.39, 0.29) is 0 Å². The van der Waals surface area contributed by atoms with Crippen LogP contribution in [0.1, 0.15) is 47.2 Å². The maximum absolute atomic E-state index is 5.58. The number of hydrogen-bond acceptors (Lipinski definition) is 2. The first-order valence-electron chi connectivity index (χ1n) is 6.78.